The van der Waals surface area contributed by atoms with Crippen LogP contribution in [0.5, 0.6) is 11.5 Å². The van der Waals surface area contributed by atoms with Gasteiger partial charge in [0, 0.05) is 37.7 Å². The molecular weight excluding hydrogens is 858 g/mol. The van der Waals surface area contributed by atoms with Crippen molar-refractivity contribution >= 4 is 51.7 Å². The number of anilines is 1. The molecule has 3 aliphatic heterocycles. The number of benzene rings is 3. The molecule has 15 nitrogen and oxygen atoms in total. The smallest absolute Gasteiger partial charge is 0.326 e. The third-order valence-corrected chi connectivity index (χ3v) is 14.4. The maximum Gasteiger partial charge on any atom is 0.326 e. The Morgan fingerprint density at radius 3 is 2.31 bits per heavy atom. The minimum Gasteiger partial charge on any atom is -0.493 e. The molecule has 64 heavy (non-hydrogen) atoms. The number of halogens is 1. The first-order valence-electron chi connectivity index (χ1n) is 22.2. The molecule has 350 valence electrons. The van der Waals surface area contributed by atoms with Crippen molar-refractivity contribution in [2.24, 2.45) is 40.1 Å². The van der Waals surface area contributed by atoms with E-state index >= 15 is 0 Å². The Labute approximate surface area is 384 Å². The molecule has 2 saturated heterocycles. The number of likely N-dealkylation sites (tertiary alicyclic amines) is 2. The third kappa shape index (κ3) is 12.7. The number of sulfonamides is 1. The molecule has 0 saturated carbocycles. The molecule has 4 aliphatic rings. The predicted octanol–water partition coefficient (Wildman–Crippen LogP) is 5.49. The van der Waals surface area contributed by atoms with E-state index in [1.807, 2.05) is 25.1 Å². The van der Waals surface area contributed by atoms with E-state index in [0.29, 0.717) is 54.8 Å². The lowest BCUT2D eigenvalue weighted by atomic mass is 9.85. The largest absolute Gasteiger partial charge is 0.493 e. The number of carboxylic acids is 1. The number of fused-ring (bicyclic) bond motifs is 2. The van der Waals surface area contributed by atoms with Crippen LogP contribution in [0, 0.1) is 23.7 Å². The topological polar surface area (TPSA) is 219 Å². The molecular formula is C47H66ClN7O8S. The number of ether oxygens (including phenoxy) is 2. The highest BCUT2D eigenvalue weighted by atomic mass is 35.5. The fourth-order valence-electron chi connectivity index (χ4n) is 9.43. The van der Waals surface area contributed by atoms with Crippen LogP contribution in [-0.4, -0.2) is 106 Å². The van der Waals surface area contributed by atoms with Crippen LogP contribution in [0.4, 0.5) is 5.69 Å². The van der Waals surface area contributed by atoms with E-state index in [1.165, 1.54) is 29.4 Å². The number of hydrogen-bond acceptors (Lipinski definition) is 10. The standard InChI is InChI=1S/C24H29NO3.C23H36N6O5S.ClH/c1-27-22-14-19-13-20(24(26)21(19)15-23(22)28-2)12-17-8-10-25(11-9-17)16-18-6-4-3-5-7-18;1-14-8-10-29(18(12-14)22(31)32)21(30)17(6-4-9-26-23(24)25)28-35(33,34)19-7-3-5-16-11-15(2)13-27-20(16)19;/h3-7,14-15,17,20H,8-13,16H2,1-2H3;3,5,7,14-15,17-18,27-28H,4,6,8-13H2,1-2H3,(H,31,32)(H4,24,25,26);1H/t;14-,15?,17?,18-;/m.1./s1. The number of ketones is 1. The summed E-state index contributed by atoms with van der Waals surface area (Å²) in [5.74, 6) is 1.16. The Bertz CT molecular complexity index is 2220. The number of nitrogens with zero attached hydrogens (tertiary/aromatic N) is 3. The number of hydrogen-bond donors (Lipinski definition) is 5. The van der Waals surface area contributed by atoms with E-state index in [4.69, 9.17) is 20.9 Å². The van der Waals surface area contributed by atoms with Gasteiger partial charge in [-0.05, 0) is 124 Å². The van der Waals surface area contributed by atoms with Gasteiger partial charge in [-0.25, -0.2) is 13.2 Å². The lowest BCUT2D eigenvalue weighted by molar-refractivity contribution is -0.153. The molecule has 7 N–H and O–H groups in total. The molecule has 17 heteroatoms. The number of aliphatic imine (C=N–C) groups is 1. The highest BCUT2D eigenvalue weighted by molar-refractivity contribution is 7.89. The molecule has 3 heterocycles. The van der Waals surface area contributed by atoms with Gasteiger partial charge in [-0.3, -0.25) is 19.5 Å². The maximum absolute atomic E-state index is 13.5. The monoisotopic (exact) mass is 923 g/mol. The van der Waals surface area contributed by atoms with Gasteiger partial charge < -0.3 is 36.3 Å². The zero-order valence-electron chi connectivity index (χ0n) is 37.5. The number of nitrogens with one attached hydrogen (secondary N) is 2. The van der Waals surface area contributed by atoms with Gasteiger partial charge in [-0.15, -0.1) is 12.4 Å². The van der Waals surface area contributed by atoms with E-state index in [0.717, 1.165) is 55.6 Å². The summed E-state index contributed by atoms with van der Waals surface area (Å²) in [6.45, 7) is 8.41. The van der Waals surface area contributed by atoms with Crippen LogP contribution in [0.25, 0.3) is 0 Å². The number of rotatable bonds is 15. The zero-order valence-corrected chi connectivity index (χ0v) is 39.1. The van der Waals surface area contributed by atoms with Gasteiger partial charge in [-0.2, -0.15) is 4.72 Å². The summed E-state index contributed by atoms with van der Waals surface area (Å²) in [4.78, 5) is 46.1. The molecule has 3 aromatic carbocycles. The minimum atomic E-state index is -4.10. The minimum absolute atomic E-state index is 0. The van der Waals surface area contributed by atoms with Crippen molar-refractivity contribution in [3.8, 4) is 11.5 Å². The molecule has 0 radical (unpaired) electrons. The number of Topliss-reactive ketones (excluding diaryl/α,β-unsaturated/α-hetero) is 1. The first-order valence-corrected chi connectivity index (χ1v) is 23.7. The molecule has 0 bridgehead atoms. The number of methoxy groups -OCH3 is 2. The molecule has 5 atom stereocenters. The molecule has 2 fully saturated rings. The van der Waals surface area contributed by atoms with Crippen LogP contribution >= 0.6 is 12.4 Å². The van der Waals surface area contributed by atoms with E-state index < -0.39 is 34.0 Å². The van der Waals surface area contributed by atoms with Crippen molar-refractivity contribution < 1.29 is 37.4 Å². The van der Waals surface area contributed by atoms with Crippen LogP contribution in [0.1, 0.15) is 85.8 Å². The maximum atomic E-state index is 13.5. The van der Waals surface area contributed by atoms with E-state index in [-0.39, 0.29) is 60.4 Å². The van der Waals surface area contributed by atoms with Gasteiger partial charge >= 0.3 is 5.97 Å². The van der Waals surface area contributed by atoms with Crippen molar-refractivity contribution in [1.29, 1.82) is 0 Å². The molecule has 0 aromatic heterocycles. The van der Waals surface area contributed by atoms with E-state index in [9.17, 15) is 27.9 Å². The summed E-state index contributed by atoms with van der Waals surface area (Å²) in [6.07, 6.45) is 6.36. The van der Waals surface area contributed by atoms with Crippen molar-refractivity contribution in [2.45, 2.75) is 95.2 Å². The first-order chi connectivity index (χ1) is 30.2. The van der Waals surface area contributed by atoms with E-state index in [2.05, 4.69) is 57.2 Å². The van der Waals surface area contributed by atoms with Crippen LogP contribution in [-0.2, 0) is 39.0 Å². The quantitative estimate of drug-likeness (QED) is 0.0727. The van der Waals surface area contributed by atoms with Gasteiger partial charge in [0.05, 0.1) is 19.9 Å². The molecule has 3 aromatic rings. The summed E-state index contributed by atoms with van der Waals surface area (Å²) in [6, 6.07) is 17.5. The number of piperidine rings is 2. The van der Waals surface area contributed by atoms with Gasteiger partial charge in [0.25, 0.3) is 0 Å². The number of carboxylic acid groups (broad SMARTS) is 1. The normalized spacial score (nSPS) is 21.4. The Hall–Kier alpha value is -4.90. The summed E-state index contributed by atoms with van der Waals surface area (Å²) < 4.78 is 40.3. The van der Waals surface area contributed by atoms with Crippen LogP contribution < -0.4 is 31.0 Å². The fourth-order valence-corrected chi connectivity index (χ4v) is 10.9. The average Bonchev–Trinajstić information content (AvgIpc) is 3.57. The Balaban J connectivity index is 0.000000242. The van der Waals surface area contributed by atoms with Crippen molar-refractivity contribution in [3.63, 3.8) is 0 Å². The van der Waals surface area contributed by atoms with Crippen molar-refractivity contribution in [3.05, 3.63) is 82.9 Å². The number of nitrogens with two attached hydrogens (primary N) is 2. The third-order valence-electron chi connectivity index (χ3n) is 12.9. The lowest BCUT2D eigenvalue weighted by Crippen LogP contribution is -2.56. The SMILES string of the molecule is CC1CNc2c(cccc2S(=O)(=O)NC(CCCN=C(N)N)C(=O)N2CC[C@@H](C)C[C@@H]2C(=O)O)C1.COc1cc2c(cc1OC)C(=O)C(CC1CCN(Cc3ccccc3)CC1)C2.Cl. The van der Waals surface area contributed by atoms with E-state index in [1.54, 1.807) is 20.3 Å². The summed E-state index contributed by atoms with van der Waals surface area (Å²) in [5, 5.41) is 12.9. The molecule has 0 spiro atoms. The second-order valence-corrected chi connectivity index (χ2v) is 19.4. The summed E-state index contributed by atoms with van der Waals surface area (Å²) in [7, 11) is -0.841. The lowest BCUT2D eigenvalue weighted by Gasteiger charge is -2.38. The number of amides is 1. The predicted molar refractivity (Wildman–Crippen MR) is 251 cm³/mol. The highest BCUT2D eigenvalue weighted by Crippen LogP contribution is 2.40. The molecule has 7 rings (SSSR count). The second kappa shape index (κ2) is 22.8. The highest BCUT2D eigenvalue weighted by Gasteiger charge is 2.40. The number of guanidine groups is 1. The summed E-state index contributed by atoms with van der Waals surface area (Å²) in [5.41, 5.74) is 15.5. The first kappa shape index (κ1) is 50.1. The van der Waals surface area contributed by atoms with Crippen LogP contribution in [0.15, 0.2) is 70.6 Å². The van der Waals surface area contributed by atoms with Crippen LogP contribution in [0.2, 0.25) is 0 Å². The van der Waals surface area contributed by atoms with Gasteiger partial charge in [0.15, 0.2) is 23.2 Å². The average molecular weight is 925 g/mol. The van der Waals surface area contributed by atoms with Gasteiger partial charge in [0.2, 0.25) is 15.9 Å². The summed E-state index contributed by atoms with van der Waals surface area (Å²) >= 11 is 0. The van der Waals surface area contributed by atoms with Gasteiger partial charge in [0.1, 0.15) is 17.0 Å². The van der Waals surface area contributed by atoms with Crippen molar-refractivity contribution in [2.75, 3.05) is 52.3 Å². The number of para-hydroxylation sites is 1. The number of carbonyl (C=O) groups is 3. The molecule has 1 aliphatic carbocycles. The molecule has 1 amide bonds. The second-order valence-electron chi connectivity index (χ2n) is 17.7. The Morgan fingerprint density at radius 1 is 0.938 bits per heavy atom. The zero-order chi connectivity index (χ0) is 45.3. The number of aliphatic carboxylic acids is 1. The Morgan fingerprint density at radius 2 is 1.64 bits per heavy atom. The fraction of sp³-hybridized carbons (Fsp3) is 0.532. The van der Waals surface area contributed by atoms with Gasteiger partial charge in [-0.1, -0.05) is 56.3 Å². The number of carbonyl (C=O) groups excluding carboxylic acids is 2. The molecule has 3 unspecified atom stereocenters. The van der Waals surface area contributed by atoms with Crippen LogP contribution in [0.3, 0.4) is 0 Å². The van der Waals surface area contributed by atoms with Crippen molar-refractivity contribution in [1.82, 2.24) is 14.5 Å². The Kier molecular flexibility index (Phi) is 17.9.